The van der Waals surface area contributed by atoms with Crippen LogP contribution in [-0.4, -0.2) is 9.97 Å². The van der Waals surface area contributed by atoms with Gasteiger partial charge in [-0.1, -0.05) is 0 Å². The van der Waals surface area contributed by atoms with Crippen LogP contribution in [0.15, 0.2) is 12.4 Å². The van der Waals surface area contributed by atoms with Gasteiger partial charge in [0.2, 0.25) is 0 Å². The quantitative estimate of drug-likeness (QED) is 0.439. The van der Waals surface area contributed by atoms with Crippen LogP contribution in [0.1, 0.15) is 0 Å². The molecule has 2 heteroatoms. The molecule has 0 aliphatic rings. The van der Waals surface area contributed by atoms with Crippen LogP contribution in [0.2, 0.25) is 0 Å². The number of hydrogen-bond acceptors (Lipinski definition) is 2. The lowest BCUT2D eigenvalue weighted by Gasteiger charge is -1.67. The third-order valence-electron chi connectivity index (χ3n) is 0.394. The summed E-state index contributed by atoms with van der Waals surface area (Å²) in [5.74, 6) is 0. The van der Waals surface area contributed by atoms with Gasteiger partial charge in [-0.3, -0.25) is 9.97 Å². The van der Waals surface area contributed by atoms with Crippen molar-refractivity contribution in [3.8, 4) is 0 Å². The number of hydrogen-bond donors (Lipinski definition) is 0. The summed E-state index contributed by atoms with van der Waals surface area (Å²) in [7, 11) is 0. The molecule has 0 saturated carbocycles. The van der Waals surface area contributed by atoms with Crippen molar-refractivity contribution in [2.75, 3.05) is 0 Å². The van der Waals surface area contributed by atoms with E-state index in [9.17, 15) is 0 Å². The van der Waals surface area contributed by atoms with E-state index in [4.69, 9.17) is 0 Å². The number of aromatic nitrogens is 2. The highest BCUT2D eigenvalue weighted by molar-refractivity contribution is 4.66. The Morgan fingerprint density at radius 1 is 1.00 bits per heavy atom. The number of rotatable bonds is 0. The summed E-state index contributed by atoms with van der Waals surface area (Å²) in [4.78, 5) is 7.08. The molecule has 0 amide bonds. The smallest absolute Gasteiger partial charge is 0.109 e. The van der Waals surface area contributed by atoms with Gasteiger partial charge in [0.25, 0.3) is 0 Å². The minimum atomic E-state index is 1.46. The number of nitrogens with zero attached hydrogens (tertiary/aromatic N) is 2. The average molecular weight is 78.1 g/mol. The van der Waals surface area contributed by atoms with Gasteiger partial charge in [0.1, 0.15) is 12.4 Å². The molecular weight excluding hydrogens is 76.1 g/mol. The van der Waals surface area contributed by atoms with Crippen LogP contribution in [-0.2, 0) is 0 Å². The minimum absolute atomic E-state index is 1.46. The van der Waals surface area contributed by atoms with Gasteiger partial charge in [-0.2, -0.15) is 0 Å². The molecule has 0 bridgehead atoms. The zero-order valence-corrected chi connectivity index (χ0v) is 3.05. The Morgan fingerprint density at radius 2 is 1.50 bits per heavy atom. The van der Waals surface area contributed by atoms with Gasteiger partial charge in [0.15, 0.2) is 0 Å². The topological polar surface area (TPSA) is 25.8 Å². The van der Waals surface area contributed by atoms with Gasteiger partial charge in [0.05, 0.1) is 12.4 Å². The van der Waals surface area contributed by atoms with Crippen molar-refractivity contribution in [1.82, 2.24) is 9.97 Å². The Balaban J connectivity index is 3.00. The Kier molecular flexibility index (Phi) is 0.819. The molecule has 0 aliphatic heterocycles. The van der Waals surface area contributed by atoms with E-state index in [1.807, 2.05) is 0 Å². The molecule has 0 unspecified atom stereocenters. The van der Waals surface area contributed by atoms with E-state index in [0.29, 0.717) is 0 Å². The maximum atomic E-state index is 3.54. The van der Waals surface area contributed by atoms with Crippen molar-refractivity contribution in [3.05, 3.63) is 24.8 Å². The molecular formula is C4H2N2. The summed E-state index contributed by atoms with van der Waals surface area (Å²) in [6.07, 6.45) is 7.92. The second-order valence-corrected chi connectivity index (χ2v) is 0.775. The van der Waals surface area contributed by atoms with Crippen LogP contribution in [0.5, 0.6) is 0 Å². The molecule has 0 fully saturated rings. The van der Waals surface area contributed by atoms with Crippen molar-refractivity contribution in [2.24, 2.45) is 0 Å². The molecule has 0 spiro atoms. The maximum Gasteiger partial charge on any atom is 0.109 e. The normalized spacial score (nSPS) is 8.00. The van der Waals surface area contributed by atoms with Crippen molar-refractivity contribution < 1.29 is 0 Å². The van der Waals surface area contributed by atoms with E-state index < -0.39 is 0 Å². The van der Waals surface area contributed by atoms with E-state index in [1.54, 1.807) is 0 Å². The highest BCUT2D eigenvalue weighted by Gasteiger charge is 1.62. The summed E-state index contributed by atoms with van der Waals surface area (Å²) in [6, 6.07) is 0. The van der Waals surface area contributed by atoms with Crippen LogP contribution >= 0.6 is 0 Å². The summed E-state index contributed by atoms with van der Waals surface area (Å²) in [5.41, 5.74) is 0. The summed E-state index contributed by atoms with van der Waals surface area (Å²) < 4.78 is 0. The van der Waals surface area contributed by atoms with Gasteiger partial charge < -0.3 is 0 Å². The van der Waals surface area contributed by atoms with E-state index >= 15 is 0 Å². The molecule has 0 N–H and O–H groups in total. The van der Waals surface area contributed by atoms with Crippen molar-refractivity contribution in [1.29, 1.82) is 0 Å². The zero-order valence-electron chi connectivity index (χ0n) is 3.05. The molecule has 1 heterocycles. The van der Waals surface area contributed by atoms with Crippen molar-refractivity contribution >= 4 is 0 Å². The first-order valence-electron chi connectivity index (χ1n) is 1.54. The molecule has 1 aromatic heterocycles. The van der Waals surface area contributed by atoms with Gasteiger partial charge >= 0.3 is 0 Å². The Bertz CT molecular complexity index is 77.5. The average Bonchev–Trinajstić information content (AvgIpc) is 1.72. The first-order valence-corrected chi connectivity index (χ1v) is 1.54. The van der Waals surface area contributed by atoms with Crippen molar-refractivity contribution in [2.45, 2.75) is 0 Å². The Labute approximate surface area is 35.9 Å². The van der Waals surface area contributed by atoms with E-state index in [1.165, 1.54) is 12.4 Å². The molecule has 0 saturated heterocycles. The molecule has 2 radical (unpaired) electrons. The fraction of sp³-hybridized carbons (Fsp3) is 0. The SMILES string of the molecule is [c]1cn[c]cn1. The lowest BCUT2D eigenvalue weighted by molar-refractivity contribution is 1.18. The van der Waals surface area contributed by atoms with Crippen LogP contribution in [0, 0.1) is 12.4 Å². The lowest BCUT2D eigenvalue weighted by Crippen LogP contribution is -1.68. The third kappa shape index (κ3) is 0.516. The molecule has 0 aliphatic carbocycles. The highest BCUT2D eigenvalue weighted by atomic mass is 14.7. The second-order valence-electron chi connectivity index (χ2n) is 0.775. The minimum Gasteiger partial charge on any atom is -0.251 e. The predicted molar refractivity (Wildman–Crippen MR) is 19.7 cm³/mol. The summed E-state index contributed by atoms with van der Waals surface area (Å²) in [6.45, 7) is 0. The first kappa shape index (κ1) is 3.28. The molecule has 0 aromatic carbocycles. The largest absolute Gasteiger partial charge is 0.251 e. The van der Waals surface area contributed by atoms with E-state index in [2.05, 4.69) is 22.4 Å². The van der Waals surface area contributed by atoms with E-state index in [0.717, 1.165) is 0 Å². The lowest BCUT2D eigenvalue weighted by atomic mass is 10.8. The second kappa shape index (κ2) is 1.50. The Hall–Kier alpha value is -0.920. The summed E-state index contributed by atoms with van der Waals surface area (Å²) >= 11 is 0. The third-order valence-corrected chi connectivity index (χ3v) is 0.394. The first-order chi connectivity index (χ1) is 3.00. The molecule has 2 nitrogen and oxygen atoms in total. The monoisotopic (exact) mass is 78.0 g/mol. The van der Waals surface area contributed by atoms with Gasteiger partial charge in [0, 0.05) is 0 Å². The van der Waals surface area contributed by atoms with Gasteiger partial charge in [-0.25, -0.2) is 0 Å². The maximum absolute atomic E-state index is 3.54. The molecule has 6 heavy (non-hydrogen) atoms. The molecule has 0 atom stereocenters. The summed E-state index contributed by atoms with van der Waals surface area (Å²) in [5, 5.41) is 0. The van der Waals surface area contributed by atoms with Crippen LogP contribution in [0.4, 0.5) is 0 Å². The molecule has 1 rings (SSSR count). The van der Waals surface area contributed by atoms with Gasteiger partial charge in [-0.15, -0.1) is 0 Å². The fourth-order valence-corrected chi connectivity index (χ4v) is 0.199. The zero-order chi connectivity index (χ0) is 4.24. The fourth-order valence-electron chi connectivity index (χ4n) is 0.199. The van der Waals surface area contributed by atoms with E-state index in [-0.39, 0.29) is 0 Å². The van der Waals surface area contributed by atoms with Crippen LogP contribution in [0.25, 0.3) is 0 Å². The predicted octanol–water partition coefficient (Wildman–Crippen LogP) is 0.0770. The molecule has 1 aromatic rings. The standard InChI is InChI=1S/C4H2N2/c1-2-6-4-3-5-1/h1,4H. The Morgan fingerprint density at radius 3 is 1.67 bits per heavy atom. The highest BCUT2D eigenvalue weighted by Crippen LogP contribution is 1.63. The molecule has 28 valence electrons. The van der Waals surface area contributed by atoms with Crippen LogP contribution < -0.4 is 0 Å². The van der Waals surface area contributed by atoms with Crippen molar-refractivity contribution in [3.63, 3.8) is 0 Å². The van der Waals surface area contributed by atoms with Gasteiger partial charge in [-0.05, 0) is 0 Å². The van der Waals surface area contributed by atoms with Crippen LogP contribution in [0.3, 0.4) is 0 Å².